The van der Waals surface area contributed by atoms with Crippen molar-refractivity contribution in [3.05, 3.63) is 71.8 Å². The van der Waals surface area contributed by atoms with Crippen LogP contribution in [0, 0.1) is 0 Å². The molecule has 1 aliphatic heterocycles. The van der Waals surface area contributed by atoms with Gasteiger partial charge in [0, 0.05) is 43.0 Å². The summed E-state index contributed by atoms with van der Waals surface area (Å²) in [6.45, 7) is 8.51. The maximum Gasteiger partial charge on any atom is 0.415 e. The first kappa shape index (κ1) is 31.6. The van der Waals surface area contributed by atoms with E-state index >= 15 is 0 Å². The van der Waals surface area contributed by atoms with Crippen LogP contribution in [0.2, 0.25) is 5.02 Å². The highest BCUT2D eigenvalue weighted by Gasteiger charge is 2.33. The number of hydrogen-bond donors (Lipinski definition) is 1. The average Bonchev–Trinajstić information content (AvgIpc) is 3.00. The van der Waals surface area contributed by atoms with Crippen molar-refractivity contribution < 1.29 is 28.5 Å². The number of nitrogens with zero attached hydrogens (tertiary/aromatic N) is 5. The lowest BCUT2D eigenvalue weighted by molar-refractivity contribution is 0.00782. The number of piperazine rings is 1. The monoisotopic (exact) mass is 634 g/mol. The molecule has 4 aromatic rings. The number of rotatable bonds is 7. The van der Waals surface area contributed by atoms with Gasteiger partial charge in [-0.15, -0.1) is 0 Å². The molecule has 0 radical (unpaired) electrons. The van der Waals surface area contributed by atoms with E-state index < -0.39 is 17.8 Å². The lowest BCUT2D eigenvalue weighted by Gasteiger charge is -2.39. The first-order chi connectivity index (χ1) is 21.5. The van der Waals surface area contributed by atoms with Crippen LogP contribution < -0.4 is 19.5 Å². The zero-order valence-electron chi connectivity index (χ0n) is 25.7. The molecule has 45 heavy (non-hydrogen) atoms. The van der Waals surface area contributed by atoms with Crippen molar-refractivity contribution in [2.24, 2.45) is 0 Å². The lowest BCUT2D eigenvalue weighted by Crippen LogP contribution is -2.56. The van der Waals surface area contributed by atoms with Crippen LogP contribution in [-0.4, -0.2) is 75.3 Å². The molecule has 0 spiro atoms. The van der Waals surface area contributed by atoms with E-state index in [-0.39, 0.29) is 24.9 Å². The molecular formula is C32H35ClN6O6. The number of pyridine rings is 1. The summed E-state index contributed by atoms with van der Waals surface area (Å²) in [6, 6.07) is 13.9. The van der Waals surface area contributed by atoms with E-state index in [1.807, 2.05) is 52.0 Å². The number of anilines is 2. The Kier molecular flexibility index (Phi) is 9.43. The van der Waals surface area contributed by atoms with Gasteiger partial charge in [-0.1, -0.05) is 17.7 Å². The summed E-state index contributed by atoms with van der Waals surface area (Å²) in [5.41, 5.74) is 1.42. The molecule has 0 saturated carbocycles. The van der Waals surface area contributed by atoms with E-state index in [4.69, 9.17) is 30.5 Å². The number of carbonyl (C=O) groups excluding carboxylic acids is 2. The van der Waals surface area contributed by atoms with Crippen molar-refractivity contribution in [1.82, 2.24) is 24.8 Å². The van der Waals surface area contributed by atoms with Crippen LogP contribution in [0.25, 0.3) is 10.9 Å². The molecule has 5 rings (SSSR count). The second-order valence-corrected chi connectivity index (χ2v) is 11.9. The SMILES string of the molecule is COc1cc2ncnc(Nc3ccc(OCc4ccccn4)c(Cl)c3)c2cc1OC(=O)N1CCN(C(=O)OC(C)(C)C)C[C@H]1C. The quantitative estimate of drug-likeness (QED) is 0.242. The van der Waals surface area contributed by atoms with Gasteiger partial charge in [0.15, 0.2) is 11.5 Å². The summed E-state index contributed by atoms with van der Waals surface area (Å²) in [4.78, 5) is 42.1. The van der Waals surface area contributed by atoms with Crippen molar-refractivity contribution in [3.8, 4) is 17.2 Å². The van der Waals surface area contributed by atoms with Crippen LogP contribution in [-0.2, 0) is 11.3 Å². The lowest BCUT2D eigenvalue weighted by atomic mass is 10.2. The topological polar surface area (TPSA) is 128 Å². The fourth-order valence-electron chi connectivity index (χ4n) is 4.74. The van der Waals surface area contributed by atoms with Gasteiger partial charge in [0.2, 0.25) is 0 Å². The zero-order chi connectivity index (χ0) is 32.1. The number of carbonyl (C=O) groups is 2. The van der Waals surface area contributed by atoms with Crippen LogP contribution in [0.3, 0.4) is 0 Å². The molecular weight excluding hydrogens is 600 g/mol. The Labute approximate surface area is 266 Å². The average molecular weight is 635 g/mol. The minimum Gasteiger partial charge on any atom is -0.493 e. The smallest absolute Gasteiger partial charge is 0.415 e. The molecule has 12 nitrogen and oxygen atoms in total. The number of aromatic nitrogens is 3. The molecule has 1 N–H and O–H groups in total. The Bertz CT molecular complexity index is 1680. The Morgan fingerprint density at radius 3 is 2.51 bits per heavy atom. The maximum atomic E-state index is 13.3. The van der Waals surface area contributed by atoms with Crippen LogP contribution in [0.5, 0.6) is 17.2 Å². The number of benzene rings is 2. The summed E-state index contributed by atoms with van der Waals surface area (Å²) in [7, 11) is 1.49. The minimum atomic E-state index is -0.606. The predicted molar refractivity (Wildman–Crippen MR) is 169 cm³/mol. The molecule has 1 fully saturated rings. The Morgan fingerprint density at radius 2 is 1.82 bits per heavy atom. The number of amides is 2. The Hall–Kier alpha value is -4.84. The van der Waals surface area contributed by atoms with E-state index in [2.05, 4.69) is 20.3 Å². The summed E-state index contributed by atoms with van der Waals surface area (Å²) in [6.07, 6.45) is 2.15. The van der Waals surface area contributed by atoms with Gasteiger partial charge in [-0.3, -0.25) is 4.98 Å². The second kappa shape index (κ2) is 13.4. The second-order valence-electron chi connectivity index (χ2n) is 11.5. The molecule has 1 atom stereocenters. The van der Waals surface area contributed by atoms with E-state index in [1.54, 1.807) is 40.3 Å². The van der Waals surface area contributed by atoms with Crippen molar-refractivity contribution in [2.45, 2.75) is 45.9 Å². The first-order valence-corrected chi connectivity index (χ1v) is 14.8. The molecule has 1 saturated heterocycles. The van der Waals surface area contributed by atoms with Crippen molar-refractivity contribution in [1.29, 1.82) is 0 Å². The Morgan fingerprint density at radius 1 is 1.00 bits per heavy atom. The number of halogens is 1. The van der Waals surface area contributed by atoms with Crippen LogP contribution in [0.1, 0.15) is 33.4 Å². The largest absolute Gasteiger partial charge is 0.493 e. The van der Waals surface area contributed by atoms with Gasteiger partial charge in [-0.25, -0.2) is 19.6 Å². The summed E-state index contributed by atoms with van der Waals surface area (Å²) in [5, 5.41) is 4.27. The van der Waals surface area contributed by atoms with Gasteiger partial charge in [-0.2, -0.15) is 0 Å². The fraction of sp³-hybridized carbons (Fsp3) is 0.344. The molecule has 3 heterocycles. The number of fused-ring (bicyclic) bond motifs is 1. The van der Waals surface area contributed by atoms with E-state index in [9.17, 15) is 9.59 Å². The molecule has 2 amide bonds. The highest BCUT2D eigenvalue weighted by Crippen LogP contribution is 2.36. The minimum absolute atomic E-state index is 0.200. The van der Waals surface area contributed by atoms with Gasteiger partial charge in [0.1, 0.15) is 30.1 Å². The maximum absolute atomic E-state index is 13.3. The van der Waals surface area contributed by atoms with Gasteiger partial charge in [0.25, 0.3) is 0 Å². The zero-order valence-corrected chi connectivity index (χ0v) is 26.5. The molecule has 0 aliphatic carbocycles. The van der Waals surface area contributed by atoms with E-state index in [0.29, 0.717) is 52.0 Å². The van der Waals surface area contributed by atoms with Crippen molar-refractivity contribution in [2.75, 3.05) is 32.1 Å². The van der Waals surface area contributed by atoms with Gasteiger partial charge >= 0.3 is 12.2 Å². The molecule has 2 aromatic carbocycles. The predicted octanol–water partition coefficient (Wildman–Crippen LogP) is 6.45. The highest BCUT2D eigenvalue weighted by molar-refractivity contribution is 6.32. The fourth-order valence-corrected chi connectivity index (χ4v) is 4.98. The number of ether oxygens (including phenoxy) is 4. The van der Waals surface area contributed by atoms with Gasteiger partial charge < -0.3 is 34.1 Å². The van der Waals surface area contributed by atoms with Crippen LogP contribution in [0.15, 0.2) is 61.1 Å². The van der Waals surface area contributed by atoms with Crippen molar-refractivity contribution >= 4 is 46.2 Å². The normalized spacial score (nSPS) is 15.0. The van der Waals surface area contributed by atoms with Crippen LogP contribution >= 0.6 is 11.6 Å². The van der Waals surface area contributed by atoms with E-state index in [1.165, 1.54) is 13.4 Å². The Balaban J connectivity index is 1.30. The van der Waals surface area contributed by atoms with Gasteiger partial charge in [-0.05, 0) is 64.1 Å². The summed E-state index contributed by atoms with van der Waals surface area (Å²) < 4.78 is 22.7. The molecule has 0 unspecified atom stereocenters. The summed E-state index contributed by atoms with van der Waals surface area (Å²) >= 11 is 6.52. The third kappa shape index (κ3) is 7.82. The van der Waals surface area contributed by atoms with Crippen LogP contribution in [0.4, 0.5) is 21.1 Å². The molecule has 1 aliphatic rings. The summed E-state index contributed by atoms with van der Waals surface area (Å²) in [5.74, 6) is 1.52. The first-order valence-electron chi connectivity index (χ1n) is 14.4. The highest BCUT2D eigenvalue weighted by atomic mass is 35.5. The molecule has 0 bridgehead atoms. The molecule has 236 valence electrons. The molecule has 13 heteroatoms. The third-order valence-corrected chi connectivity index (χ3v) is 7.22. The number of nitrogens with one attached hydrogen (secondary N) is 1. The van der Waals surface area contributed by atoms with Gasteiger partial charge in [0.05, 0.1) is 29.4 Å². The third-order valence-electron chi connectivity index (χ3n) is 6.93. The molecule has 2 aromatic heterocycles. The number of methoxy groups -OCH3 is 1. The van der Waals surface area contributed by atoms with E-state index in [0.717, 1.165) is 5.69 Å². The van der Waals surface area contributed by atoms with Crippen molar-refractivity contribution in [3.63, 3.8) is 0 Å². The number of hydrogen-bond acceptors (Lipinski definition) is 10. The standard InChI is InChI=1S/C32H35ClN6O6/c1-20-17-38(30(40)45-32(2,3)4)12-13-39(20)31(41)44-28-15-23-25(16-27(28)42-5)35-19-36-29(23)37-21-9-10-26(24(33)14-21)43-18-22-8-6-7-11-34-22/h6-11,14-16,19-20H,12-13,17-18H2,1-5H3,(H,35,36,37)/t20-/m1/s1.